The summed E-state index contributed by atoms with van der Waals surface area (Å²) >= 11 is 11.8. The molecule has 0 aliphatic rings. The monoisotopic (exact) mass is 212 g/mol. The van der Waals surface area contributed by atoms with Gasteiger partial charge in [-0.2, -0.15) is 0 Å². The maximum Gasteiger partial charge on any atom is 0.0455 e. The summed E-state index contributed by atoms with van der Waals surface area (Å²) in [5.74, 6) is 2.90. The van der Waals surface area contributed by atoms with Gasteiger partial charge in [0, 0.05) is 16.5 Å². The number of rotatable bonds is 2. The van der Waals surface area contributed by atoms with Crippen molar-refractivity contribution >= 4 is 23.2 Å². The zero-order valence-corrected chi connectivity index (χ0v) is 8.86. The minimum atomic E-state index is 0.287. The van der Waals surface area contributed by atoms with Gasteiger partial charge in [0.2, 0.25) is 0 Å². The molecule has 0 nitrogen and oxygen atoms in total. The van der Waals surface area contributed by atoms with E-state index in [1.54, 1.807) is 6.07 Å². The van der Waals surface area contributed by atoms with E-state index in [4.69, 9.17) is 29.6 Å². The summed E-state index contributed by atoms with van der Waals surface area (Å²) in [4.78, 5) is 0. The van der Waals surface area contributed by atoms with Gasteiger partial charge in [-0.15, -0.1) is 12.3 Å². The van der Waals surface area contributed by atoms with Crippen LogP contribution in [0.15, 0.2) is 18.2 Å². The van der Waals surface area contributed by atoms with Gasteiger partial charge in [-0.05, 0) is 23.6 Å². The lowest BCUT2D eigenvalue weighted by molar-refractivity contribution is 0.796. The van der Waals surface area contributed by atoms with Gasteiger partial charge in [-0.25, -0.2) is 0 Å². The molecule has 2 heteroatoms. The normalized spacial score (nSPS) is 12.2. The van der Waals surface area contributed by atoms with Crippen LogP contribution in [-0.4, -0.2) is 0 Å². The molecule has 0 saturated carbocycles. The van der Waals surface area contributed by atoms with E-state index in [9.17, 15) is 0 Å². The van der Waals surface area contributed by atoms with Crippen LogP contribution in [0.1, 0.15) is 24.8 Å². The van der Waals surface area contributed by atoms with Crippen molar-refractivity contribution in [1.29, 1.82) is 0 Å². The van der Waals surface area contributed by atoms with Gasteiger partial charge in [0.05, 0.1) is 0 Å². The largest absolute Gasteiger partial charge is 0.120 e. The fourth-order valence-corrected chi connectivity index (χ4v) is 1.78. The van der Waals surface area contributed by atoms with E-state index in [0.29, 0.717) is 16.5 Å². The molecule has 1 rings (SSSR count). The molecular weight excluding hydrogens is 203 g/mol. The van der Waals surface area contributed by atoms with Crippen LogP contribution >= 0.6 is 23.2 Å². The quantitative estimate of drug-likeness (QED) is 0.648. The van der Waals surface area contributed by atoms with Gasteiger partial charge in [-0.1, -0.05) is 36.2 Å². The molecule has 1 aromatic carbocycles. The maximum absolute atomic E-state index is 6.01. The van der Waals surface area contributed by atoms with Crippen LogP contribution in [0, 0.1) is 12.3 Å². The molecule has 0 N–H and O–H groups in total. The second-order valence-corrected chi connectivity index (χ2v) is 3.82. The molecule has 0 spiro atoms. The van der Waals surface area contributed by atoms with Crippen molar-refractivity contribution < 1.29 is 0 Å². The molecule has 1 unspecified atom stereocenters. The van der Waals surface area contributed by atoms with E-state index in [1.807, 2.05) is 12.1 Å². The van der Waals surface area contributed by atoms with Crippen molar-refractivity contribution in [2.45, 2.75) is 19.3 Å². The average Bonchev–Trinajstić information content (AvgIpc) is 2.04. The zero-order chi connectivity index (χ0) is 9.84. The molecule has 0 heterocycles. The van der Waals surface area contributed by atoms with Gasteiger partial charge >= 0.3 is 0 Å². The van der Waals surface area contributed by atoms with Crippen molar-refractivity contribution in [3.05, 3.63) is 33.8 Å². The Kier molecular flexibility index (Phi) is 3.66. The number of hydrogen-bond donors (Lipinski definition) is 0. The first-order valence-corrected chi connectivity index (χ1v) is 4.79. The number of hydrogen-bond acceptors (Lipinski definition) is 0. The minimum Gasteiger partial charge on any atom is -0.120 e. The van der Waals surface area contributed by atoms with Crippen LogP contribution in [0.4, 0.5) is 0 Å². The maximum atomic E-state index is 6.01. The summed E-state index contributed by atoms with van der Waals surface area (Å²) in [5.41, 5.74) is 1.06. The standard InChI is InChI=1S/C11H10Cl2/c1-3-4-8(2)10-6-5-9(12)7-11(10)13/h1,5-8H,4H2,2H3. The first-order chi connectivity index (χ1) is 6.15. The third-order valence-corrected chi connectivity index (χ3v) is 2.48. The molecule has 0 fully saturated rings. The average molecular weight is 213 g/mol. The SMILES string of the molecule is C#CCC(C)c1ccc(Cl)cc1Cl. The van der Waals surface area contributed by atoms with E-state index in [-0.39, 0.29) is 5.92 Å². The number of halogens is 2. The summed E-state index contributed by atoms with van der Waals surface area (Å²) in [7, 11) is 0. The van der Waals surface area contributed by atoms with Crippen molar-refractivity contribution in [3.8, 4) is 12.3 Å². The Hall–Kier alpha value is -0.640. The Balaban J connectivity index is 2.96. The van der Waals surface area contributed by atoms with E-state index in [2.05, 4.69) is 12.8 Å². The molecule has 1 atom stereocenters. The van der Waals surface area contributed by atoms with Gasteiger partial charge < -0.3 is 0 Å². The lowest BCUT2D eigenvalue weighted by Gasteiger charge is -2.10. The molecule has 0 aromatic heterocycles. The van der Waals surface area contributed by atoms with Crippen molar-refractivity contribution in [2.75, 3.05) is 0 Å². The third kappa shape index (κ3) is 2.66. The first kappa shape index (κ1) is 10.4. The van der Waals surface area contributed by atoms with Gasteiger partial charge in [0.25, 0.3) is 0 Å². The highest BCUT2D eigenvalue weighted by atomic mass is 35.5. The molecule has 1 aromatic rings. The smallest absolute Gasteiger partial charge is 0.0455 e. The van der Waals surface area contributed by atoms with Crippen molar-refractivity contribution in [1.82, 2.24) is 0 Å². The topological polar surface area (TPSA) is 0 Å². The molecule has 0 saturated heterocycles. The summed E-state index contributed by atoms with van der Waals surface area (Å²) in [6, 6.07) is 5.49. The lowest BCUT2D eigenvalue weighted by atomic mass is 9.98. The Bertz CT molecular complexity index is 336. The van der Waals surface area contributed by atoms with Crippen LogP contribution in [0.2, 0.25) is 10.0 Å². The Morgan fingerprint density at radius 1 is 1.46 bits per heavy atom. The fourth-order valence-electron chi connectivity index (χ4n) is 1.19. The molecule has 13 heavy (non-hydrogen) atoms. The number of benzene rings is 1. The Labute approximate surface area is 88.9 Å². The van der Waals surface area contributed by atoms with Crippen molar-refractivity contribution in [3.63, 3.8) is 0 Å². The first-order valence-electron chi connectivity index (χ1n) is 4.03. The highest BCUT2D eigenvalue weighted by Crippen LogP contribution is 2.28. The zero-order valence-electron chi connectivity index (χ0n) is 7.35. The molecule has 0 aliphatic heterocycles. The molecule has 0 bridgehead atoms. The summed E-state index contributed by atoms with van der Waals surface area (Å²) < 4.78 is 0. The Morgan fingerprint density at radius 3 is 2.69 bits per heavy atom. The fraction of sp³-hybridized carbons (Fsp3) is 0.273. The van der Waals surface area contributed by atoms with E-state index >= 15 is 0 Å². The number of terminal acetylenes is 1. The molecule has 0 radical (unpaired) electrons. The Morgan fingerprint density at radius 2 is 2.15 bits per heavy atom. The predicted molar refractivity (Wildman–Crippen MR) is 58.3 cm³/mol. The molecule has 68 valence electrons. The van der Waals surface area contributed by atoms with Crippen LogP contribution in [0.3, 0.4) is 0 Å². The van der Waals surface area contributed by atoms with E-state index in [1.165, 1.54) is 0 Å². The molecular formula is C11H10Cl2. The second kappa shape index (κ2) is 4.56. The van der Waals surface area contributed by atoms with Crippen LogP contribution < -0.4 is 0 Å². The molecule has 0 aliphatic carbocycles. The van der Waals surface area contributed by atoms with Crippen LogP contribution in [-0.2, 0) is 0 Å². The highest BCUT2D eigenvalue weighted by Gasteiger charge is 2.08. The summed E-state index contributed by atoms with van der Waals surface area (Å²) in [6.07, 6.45) is 5.92. The highest BCUT2D eigenvalue weighted by molar-refractivity contribution is 6.35. The van der Waals surface area contributed by atoms with Gasteiger partial charge in [-0.3, -0.25) is 0 Å². The summed E-state index contributed by atoms with van der Waals surface area (Å²) in [6.45, 7) is 2.05. The lowest BCUT2D eigenvalue weighted by Crippen LogP contribution is -1.92. The van der Waals surface area contributed by atoms with Gasteiger partial charge in [0.1, 0.15) is 0 Å². The van der Waals surface area contributed by atoms with Crippen molar-refractivity contribution in [2.24, 2.45) is 0 Å². The van der Waals surface area contributed by atoms with E-state index in [0.717, 1.165) is 5.56 Å². The minimum absolute atomic E-state index is 0.287. The molecule has 0 amide bonds. The van der Waals surface area contributed by atoms with Gasteiger partial charge in [0.15, 0.2) is 0 Å². The third-order valence-electron chi connectivity index (χ3n) is 1.92. The predicted octanol–water partition coefficient (Wildman–Crippen LogP) is 4.12. The second-order valence-electron chi connectivity index (χ2n) is 2.98. The van der Waals surface area contributed by atoms with E-state index < -0.39 is 0 Å². The van der Waals surface area contributed by atoms with Crippen LogP contribution in [0.25, 0.3) is 0 Å². The van der Waals surface area contributed by atoms with Crippen LogP contribution in [0.5, 0.6) is 0 Å². The summed E-state index contributed by atoms with van der Waals surface area (Å²) in [5, 5.41) is 1.34.